The lowest BCUT2D eigenvalue weighted by Gasteiger charge is -2.12. The van der Waals surface area contributed by atoms with Crippen LogP contribution in [0, 0.1) is 5.92 Å². The molecule has 21 heavy (non-hydrogen) atoms. The zero-order chi connectivity index (χ0) is 14.2. The molecule has 1 aromatic heterocycles. The molecule has 0 radical (unpaired) electrons. The van der Waals surface area contributed by atoms with Crippen LogP contribution in [0.1, 0.15) is 53.9 Å². The van der Waals surface area contributed by atoms with Crippen molar-refractivity contribution in [2.24, 2.45) is 11.7 Å². The minimum absolute atomic E-state index is 0.373. The predicted molar refractivity (Wildman–Crippen MR) is 80.0 cm³/mol. The molecule has 2 unspecified atom stereocenters. The van der Waals surface area contributed by atoms with Gasteiger partial charge in [-0.15, -0.1) is 0 Å². The van der Waals surface area contributed by atoms with Gasteiger partial charge in [0.1, 0.15) is 0 Å². The number of benzene rings is 1. The Bertz CT molecular complexity index is 611. The summed E-state index contributed by atoms with van der Waals surface area (Å²) in [7, 11) is 0. The normalized spacial score (nSPS) is 25.4. The van der Waals surface area contributed by atoms with Gasteiger partial charge in [-0.1, -0.05) is 35.8 Å². The van der Waals surface area contributed by atoms with E-state index in [1.165, 1.54) is 24.0 Å². The number of hydrogen-bond acceptors (Lipinski definition) is 4. The molecule has 2 aliphatic rings. The Balaban J connectivity index is 1.53. The number of nitrogens with two attached hydrogens (primary N) is 1. The molecule has 0 saturated heterocycles. The molecule has 0 aliphatic heterocycles. The highest BCUT2D eigenvalue weighted by Gasteiger charge is 2.33. The lowest BCUT2D eigenvalue weighted by atomic mass is 9.96. The highest BCUT2D eigenvalue weighted by Crippen LogP contribution is 2.39. The van der Waals surface area contributed by atoms with E-state index in [0.717, 1.165) is 37.5 Å². The van der Waals surface area contributed by atoms with Crippen molar-refractivity contribution in [3.63, 3.8) is 0 Å². The van der Waals surface area contributed by atoms with Gasteiger partial charge in [-0.25, -0.2) is 0 Å². The third-order valence-electron chi connectivity index (χ3n) is 5.15. The molecule has 1 aromatic carbocycles. The zero-order valence-corrected chi connectivity index (χ0v) is 12.2. The smallest absolute Gasteiger partial charge is 0.230 e. The fraction of sp³-hybridized carbons (Fsp3) is 0.529. The Morgan fingerprint density at radius 1 is 1.14 bits per heavy atom. The number of fused-ring (bicyclic) bond motifs is 1. The van der Waals surface area contributed by atoms with Gasteiger partial charge in [0.2, 0.25) is 5.89 Å². The van der Waals surface area contributed by atoms with E-state index in [1.54, 1.807) is 0 Å². The van der Waals surface area contributed by atoms with Crippen molar-refractivity contribution in [3.05, 3.63) is 47.1 Å². The third-order valence-corrected chi connectivity index (χ3v) is 5.15. The van der Waals surface area contributed by atoms with Crippen molar-refractivity contribution in [2.45, 2.75) is 43.9 Å². The predicted octanol–water partition coefficient (Wildman–Crippen LogP) is 2.79. The second-order valence-electron chi connectivity index (χ2n) is 6.40. The van der Waals surface area contributed by atoms with Crippen molar-refractivity contribution < 1.29 is 4.52 Å². The first-order valence-electron chi connectivity index (χ1n) is 7.95. The monoisotopic (exact) mass is 283 g/mol. The highest BCUT2D eigenvalue weighted by molar-refractivity contribution is 5.34. The minimum Gasteiger partial charge on any atom is -0.339 e. The average molecular weight is 283 g/mol. The Labute approximate surface area is 124 Å². The Morgan fingerprint density at radius 2 is 1.90 bits per heavy atom. The number of nitrogens with zero attached hydrogens (tertiary/aromatic N) is 2. The summed E-state index contributed by atoms with van der Waals surface area (Å²) in [6.45, 7) is 0.719. The van der Waals surface area contributed by atoms with Crippen LogP contribution in [0.4, 0.5) is 0 Å². The van der Waals surface area contributed by atoms with E-state index in [2.05, 4.69) is 29.4 Å². The molecule has 0 bridgehead atoms. The largest absolute Gasteiger partial charge is 0.339 e. The fourth-order valence-corrected chi connectivity index (χ4v) is 3.95. The minimum atomic E-state index is 0.373. The average Bonchev–Trinajstić information content (AvgIpc) is 3.23. The summed E-state index contributed by atoms with van der Waals surface area (Å²) in [6.07, 6.45) is 5.60. The first-order chi connectivity index (χ1) is 10.3. The number of aromatic nitrogens is 2. The van der Waals surface area contributed by atoms with Gasteiger partial charge in [0.15, 0.2) is 5.82 Å². The molecule has 2 aliphatic carbocycles. The molecule has 2 atom stereocenters. The van der Waals surface area contributed by atoms with Crippen molar-refractivity contribution in [1.29, 1.82) is 0 Å². The van der Waals surface area contributed by atoms with Crippen LogP contribution in [-0.2, 0) is 12.8 Å². The quantitative estimate of drug-likeness (QED) is 0.940. The van der Waals surface area contributed by atoms with Crippen LogP contribution in [0.2, 0.25) is 0 Å². The van der Waals surface area contributed by atoms with Gasteiger partial charge in [-0.05, 0) is 49.3 Å². The summed E-state index contributed by atoms with van der Waals surface area (Å²) in [5.74, 6) is 2.95. The molecule has 110 valence electrons. The standard InChI is InChI=1S/C17H21N3O/c18-10-13-6-3-7-15(13)17-19-16(20-21-17)14-8-11-4-1-2-5-12(11)9-14/h1-2,4-5,13-15H,3,6-10,18H2. The van der Waals surface area contributed by atoms with Crippen LogP contribution in [0.3, 0.4) is 0 Å². The molecule has 0 spiro atoms. The lowest BCUT2D eigenvalue weighted by molar-refractivity contribution is 0.322. The molecule has 4 heteroatoms. The summed E-state index contributed by atoms with van der Waals surface area (Å²) >= 11 is 0. The van der Waals surface area contributed by atoms with Gasteiger partial charge in [0.05, 0.1) is 0 Å². The molecular formula is C17H21N3O. The molecule has 2 aromatic rings. The molecule has 1 heterocycles. The number of hydrogen-bond donors (Lipinski definition) is 1. The van der Waals surface area contributed by atoms with Gasteiger partial charge in [-0.3, -0.25) is 0 Å². The van der Waals surface area contributed by atoms with Crippen LogP contribution in [0.5, 0.6) is 0 Å². The molecule has 4 rings (SSSR count). The summed E-state index contributed by atoms with van der Waals surface area (Å²) in [6, 6.07) is 8.62. The first-order valence-corrected chi connectivity index (χ1v) is 7.95. The van der Waals surface area contributed by atoms with E-state index in [1.807, 2.05) is 0 Å². The summed E-state index contributed by atoms with van der Waals surface area (Å²) in [5, 5.41) is 4.27. The van der Waals surface area contributed by atoms with E-state index in [9.17, 15) is 0 Å². The number of rotatable bonds is 3. The van der Waals surface area contributed by atoms with Gasteiger partial charge in [0.25, 0.3) is 0 Å². The topological polar surface area (TPSA) is 64.9 Å². The molecule has 4 nitrogen and oxygen atoms in total. The van der Waals surface area contributed by atoms with Crippen LogP contribution < -0.4 is 5.73 Å². The maximum Gasteiger partial charge on any atom is 0.230 e. The molecule has 2 N–H and O–H groups in total. The molecule has 1 fully saturated rings. The fourth-order valence-electron chi connectivity index (χ4n) is 3.95. The summed E-state index contributed by atoms with van der Waals surface area (Å²) in [4.78, 5) is 4.72. The third kappa shape index (κ3) is 2.27. The highest BCUT2D eigenvalue weighted by atomic mass is 16.5. The maximum absolute atomic E-state index is 5.86. The van der Waals surface area contributed by atoms with Crippen LogP contribution in [-0.4, -0.2) is 16.7 Å². The zero-order valence-electron chi connectivity index (χ0n) is 12.2. The summed E-state index contributed by atoms with van der Waals surface area (Å²) < 4.78 is 5.58. The van der Waals surface area contributed by atoms with Crippen LogP contribution in [0.15, 0.2) is 28.8 Å². The Kier molecular flexibility index (Phi) is 3.26. The first kappa shape index (κ1) is 13.0. The molecular weight excluding hydrogens is 262 g/mol. The lowest BCUT2D eigenvalue weighted by Crippen LogP contribution is -2.17. The maximum atomic E-state index is 5.86. The van der Waals surface area contributed by atoms with E-state index < -0.39 is 0 Å². The van der Waals surface area contributed by atoms with E-state index in [0.29, 0.717) is 17.8 Å². The van der Waals surface area contributed by atoms with E-state index in [-0.39, 0.29) is 0 Å². The second kappa shape index (κ2) is 5.26. The van der Waals surface area contributed by atoms with Crippen molar-refractivity contribution in [2.75, 3.05) is 6.54 Å². The van der Waals surface area contributed by atoms with Gasteiger partial charge >= 0.3 is 0 Å². The molecule has 0 amide bonds. The van der Waals surface area contributed by atoms with Crippen LogP contribution in [0.25, 0.3) is 0 Å². The van der Waals surface area contributed by atoms with Gasteiger partial charge in [-0.2, -0.15) is 4.98 Å². The SMILES string of the molecule is NCC1CCCC1c1nc(C2Cc3ccccc3C2)no1. The van der Waals surface area contributed by atoms with Gasteiger partial charge < -0.3 is 10.3 Å². The van der Waals surface area contributed by atoms with E-state index in [4.69, 9.17) is 15.2 Å². The van der Waals surface area contributed by atoms with Crippen molar-refractivity contribution in [3.8, 4) is 0 Å². The Hall–Kier alpha value is -1.68. The Morgan fingerprint density at radius 3 is 2.62 bits per heavy atom. The van der Waals surface area contributed by atoms with Crippen molar-refractivity contribution in [1.82, 2.24) is 10.1 Å². The van der Waals surface area contributed by atoms with E-state index >= 15 is 0 Å². The molecule has 1 saturated carbocycles. The summed E-state index contributed by atoms with van der Waals surface area (Å²) in [5.41, 5.74) is 8.71. The second-order valence-corrected chi connectivity index (χ2v) is 6.40. The van der Waals surface area contributed by atoms with Crippen LogP contribution >= 0.6 is 0 Å². The van der Waals surface area contributed by atoms with Crippen molar-refractivity contribution >= 4 is 0 Å². The van der Waals surface area contributed by atoms with Gasteiger partial charge in [0, 0.05) is 11.8 Å².